The molecule has 0 aliphatic carbocycles. The van der Waals surface area contributed by atoms with Crippen LogP contribution in [0, 0.1) is 11.8 Å². The van der Waals surface area contributed by atoms with Crippen LogP contribution in [-0.4, -0.2) is 48.9 Å². The minimum Gasteiger partial charge on any atom is -0.392 e. The van der Waals surface area contributed by atoms with E-state index in [-0.39, 0.29) is 24.7 Å². The third kappa shape index (κ3) is 5.92. The maximum Gasteiger partial charge on any atom is 0.239 e. The van der Waals surface area contributed by atoms with E-state index in [1.54, 1.807) is 4.90 Å². The first kappa shape index (κ1) is 22.0. The highest BCUT2D eigenvalue weighted by atomic mass is 32.2. The molecule has 7 heteroatoms. The number of carbonyl (C=O) groups excluding carboxylic acids is 1. The van der Waals surface area contributed by atoms with Crippen LogP contribution < -0.4 is 5.73 Å². The maximum absolute atomic E-state index is 12.6. The molecule has 1 atom stereocenters. The topological polar surface area (TPSA) is 101 Å². The summed E-state index contributed by atoms with van der Waals surface area (Å²) in [5.74, 6) is 5.99. The quantitative estimate of drug-likeness (QED) is 0.701. The summed E-state index contributed by atoms with van der Waals surface area (Å²) in [5, 5.41) is 9.10. The van der Waals surface area contributed by atoms with Gasteiger partial charge in [-0.2, -0.15) is 0 Å². The van der Waals surface area contributed by atoms with Gasteiger partial charge in [0, 0.05) is 30.5 Å². The number of aliphatic hydroxyl groups excluding tert-OH is 1. The number of rotatable bonds is 5. The fraction of sp³-hybridized carbons (Fsp3) is 0.348. The van der Waals surface area contributed by atoms with Crippen molar-refractivity contribution in [3.05, 3.63) is 70.3 Å². The summed E-state index contributed by atoms with van der Waals surface area (Å²) in [6, 6.07) is 12.6. The standard InChI is InChI=1S/C23H26N2O4S/c1-30(28,29)13-11-22(24)23(27)25-12-10-20-14-18(8-9-21(20)15-25)5-2-17-3-6-19(16-26)7-4-17/h3-4,6-9,14,22,26H,10-13,15-16,24H2,1H3/t22-/m1/s1. The van der Waals surface area contributed by atoms with Crippen LogP contribution in [0.2, 0.25) is 0 Å². The zero-order valence-corrected chi connectivity index (χ0v) is 17.8. The average molecular weight is 427 g/mol. The summed E-state index contributed by atoms with van der Waals surface area (Å²) >= 11 is 0. The van der Waals surface area contributed by atoms with Gasteiger partial charge in [-0.05, 0) is 53.8 Å². The molecule has 0 fully saturated rings. The smallest absolute Gasteiger partial charge is 0.239 e. The Morgan fingerprint density at radius 2 is 1.80 bits per heavy atom. The normalized spacial score (nSPS) is 14.4. The van der Waals surface area contributed by atoms with Crippen LogP contribution in [-0.2, 0) is 34.2 Å². The number of hydrogen-bond donors (Lipinski definition) is 2. The Morgan fingerprint density at radius 3 is 2.47 bits per heavy atom. The van der Waals surface area contributed by atoms with Crippen LogP contribution in [0.3, 0.4) is 0 Å². The molecule has 1 aliphatic heterocycles. The number of carbonyl (C=O) groups is 1. The minimum atomic E-state index is -3.14. The fourth-order valence-corrected chi connectivity index (χ4v) is 4.04. The van der Waals surface area contributed by atoms with Gasteiger partial charge in [0.1, 0.15) is 9.84 Å². The SMILES string of the molecule is CS(=O)(=O)CC[C@@H](N)C(=O)N1CCc2cc(C#Cc3ccc(CO)cc3)ccc2C1. The Labute approximate surface area is 177 Å². The Bertz CT molecular complexity index is 1080. The molecule has 1 amide bonds. The molecule has 0 spiro atoms. The highest BCUT2D eigenvalue weighted by molar-refractivity contribution is 7.90. The van der Waals surface area contributed by atoms with Crippen molar-refractivity contribution >= 4 is 15.7 Å². The lowest BCUT2D eigenvalue weighted by molar-refractivity contribution is -0.133. The number of aliphatic hydroxyl groups is 1. The summed E-state index contributed by atoms with van der Waals surface area (Å²) in [6.07, 6.45) is 1.99. The van der Waals surface area contributed by atoms with Crippen LogP contribution in [0.1, 0.15) is 34.2 Å². The van der Waals surface area contributed by atoms with E-state index in [0.29, 0.717) is 19.5 Å². The lowest BCUT2D eigenvalue weighted by Gasteiger charge is -2.31. The molecule has 1 heterocycles. The Morgan fingerprint density at radius 1 is 1.13 bits per heavy atom. The van der Waals surface area contributed by atoms with E-state index < -0.39 is 15.9 Å². The van der Waals surface area contributed by atoms with Crippen molar-refractivity contribution in [3.8, 4) is 11.8 Å². The number of benzene rings is 2. The third-order valence-electron chi connectivity index (χ3n) is 5.13. The van der Waals surface area contributed by atoms with Gasteiger partial charge < -0.3 is 15.7 Å². The maximum atomic E-state index is 12.6. The Balaban J connectivity index is 1.65. The van der Waals surface area contributed by atoms with Gasteiger partial charge in [-0.3, -0.25) is 4.79 Å². The zero-order valence-electron chi connectivity index (χ0n) is 17.0. The molecule has 2 aromatic rings. The van der Waals surface area contributed by atoms with Crippen molar-refractivity contribution in [2.24, 2.45) is 5.73 Å². The van der Waals surface area contributed by atoms with Crippen LogP contribution in [0.15, 0.2) is 42.5 Å². The summed E-state index contributed by atoms with van der Waals surface area (Å²) < 4.78 is 22.6. The van der Waals surface area contributed by atoms with Crippen LogP contribution in [0.5, 0.6) is 0 Å². The van der Waals surface area contributed by atoms with Crippen LogP contribution in [0.25, 0.3) is 0 Å². The molecule has 0 bridgehead atoms. The highest BCUT2D eigenvalue weighted by Crippen LogP contribution is 2.21. The van der Waals surface area contributed by atoms with Crippen molar-refractivity contribution in [2.45, 2.75) is 32.0 Å². The molecule has 3 N–H and O–H groups in total. The molecule has 0 unspecified atom stereocenters. The number of sulfone groups is 1. The monoisotopic (exact) mass is 426 g/mol. The number of hydrogen-bond acceptors (Lipinski definition) is 5. The second-order valence-electron chi connectivity index (χ2n) is 7.62. The van der Waals surface area contributed by atoms with E-state index in [2.05, 4.69) is 17.9 Å². The molecule has 0 radical (unpaired) electrons. The largest absolute Gasteiger partial charge is 0.392 e. The fourth-order valence-electron chi connectivity index (χ4n) is 3.36. The molecule has 0 aromatic heterocycles. The van der Waals surface area contributed by atoms with Crippen molar-refractivity contribution in [3.63, 3.8) is 0 Å². The van der Waals surface area contributed by atoms with Crippen LogP contribution >= 0.6 is 0 Å². The van der Waals surface area contributed by atoms with E-state index in [9.17, 15) is 13.2 Å². The Kier molecular flexibility index (Phi) is 6.93. The molecule has 30 heavy (non-hydrogen) atoms. The number of fused-ring (bicyclic) bond motifs is 1. The van der Waals surface area contributed by atoms with Gasteiger partial charge in [0.2, 0.25) is 5.91 Å². The zero-order chi connectivity index (χ0) is 21.7. The van der Waals surface area contributed by atoms with Gasteiger partial charge in [-0.25, -0.2) is 8.42 Å². The van der Waals surface area contributed by atoms with E-state index >= 15 is 0 Å². The van der Waals surface area contributed by atoms with E-state index in [1.807, 2.05) is 36.4 Å². The summed E-state index contributed by atoms with van der Waals surface area (Å²) in [6.45, 7) is 1.04. The molecular weight excluding hydrogens is 400 g/mol. The number of amides is 1. The van der Waals surface area contributed by atoms with Crippen molar-refractivity contribution in [1.29, 1.82) is 0 Å². The van der Waals surface area contributed by atoms with Crippen molar-refractivity contribution in [1.82, 2.24) is 4.90 Å². The van der Waals surface area contributed by atoms with Gasteiger partial charge in [0.25, 0.3) is 0 Å². The van der Waals surface area contributed by atoms with Crippen LogP contribution in [0.4, 0.5) is 0 Å². The second kappa shape index (κ2) is 9.43. The molecule has 3 rings (SSSR count). The minimum absolute atomic E-state index is 0.0145. The first-order valence-corrected chi connectivity index (χ1v) is 11.9. The Hall–Kier alpha value is -2.66. The third-order valence-corrected chi connectivity index (χ3v) is 6.11. The molecular formula is C23H26N2O4S. The van der Waals surface area contributed by atoms with E-state index in [0.717, 1.165) is 34.1 Å². The summed E-state index contributed by atoms with van der Waals surface area (Å²) in [7, 11) is -3.14. The molecule has 2 aromatic carbocycles. The molecule has 0 saturated heterocycles. The van der Waals surface area contributed by atoms with Gasteiger partial charge in [0.15, 0.2) is 0 Å². The van der Waals surface area contributed by atoms with Gasteiger partial charge in [-0.1, -0.05) is 30.0 Å². The van der Waals surface area contributed by atoms with Gasteiger partial charge in [0.05, 0.1) is 18.4 Å². The predicted octanol–water partition coefficient (Wildman–Crippen LogP) is 1.23. The van der Waals surface area contributed by atoms with Gasteiger partial charge >= 0.3 is 0 Å². The molecule has 0 saturated carbocycles. The first-order valence-electron chi connectivity index (χ1n) is 9.81. The highest BCUT2D eigenvalue weighted by Gasteiger charge is 2.25. The molecule has 6 nitrogen and oxygen atoms in total. The van der Waals surface area contributed by atoms with Gasteiger partial charge in [-0.15, -0.1) is 0 Å². The van der Waals surface area contributed by atoms with Crippen molar-refractivity contribution in [2.75, 3.05) is 18.6 Å². The van der Waals surface area contributed by atoms with E-state index in [4.69, 9.17) is 10.8 Å². The lowest BCUT2D eigenvalue weighted by Crippen LogP contribution is -2.46. The first-order chi connectivity index (χ1) is 14.2. The summed E-state index contributed by atoms with van der Waals surface area (Å²) in [5.41, 5.74) is 10.8. The molecule has 158 valence electrons. The number of nitrogens with two attached hydrogens (primary N) is 1. The van der Waals surface area contributed by atoms with Crippen molar-refractivity contribution < 1.29 is 18.3 Å². The predicted molar refractivity (Wildman–Crippen MR) is 116 cm³/mol. The average Bonchev–Trinajstić information content (AvgIpc) is 2.74. The lowest BCUT2D eigenvalue weighted by atomic mass is 9.96. The summed E-state index contributed by atoms with van der Waals surface area (Å²) in [4.78, 5) is 14.3. The molecule has 1 aliphatic rings. The van der Waals surface area contributed by atoms with E-state index in [1.165, 1.54) is 0 Å². The number of nitrogens with zero attached hydrogens (tertiary/aromatic N) is 1. The second-order valence-corrected chi connectivity index (χ2v) is 9.88.